The van der Waals surface area contributed by atoms with Gasteiger partial charge in [0.05, 0.1) is 19.3 Å². The van der Waals surface area contributed by atoms with Gasteiger partial charge >= 0.3 is 0 Å². The zero-order valence-electron chi connectivity index (χ0n) is 14.1. The number of hydrogen-bond donors (Lipinski definition) is 2. The highest BCUT2D eigenvalue weighted by Crippen LogP contribution is 2.28. The second-order valence-corrected chi connectivity index (χ2v) is 7.80. The Morgan fingerprint density at radius 2 is 1.88 bits per heavy atom. The summed E-state index contributed by atoms with van der Waals surface area (Å²) in [4.78, 5) is 15.1. The first-order valence-electron chi connectivity index (χ1n) is 9.02. The largest absolute Gasteiger partial charge is 0.348 e. The summed E-state index contributed by atoms with van der Waals surface area (Å²) in [6, 6.07) is 8.20. The number of halogens is 1. The Morgan fingerprint density at radius 1 is 1.12 bits per heavy atom. The van der Waals surface area contributed by atoms with Crippen molar-refractivity contribution in [1.82, 2.24) is 15.8 Å². The third-order valence-corrected chi connectivity index (χ3v) is 5.80. The van der Waals surface area contributed by atoms with Crippen LogP contribution in [0.2, 0.25) is 0 Å². The summed E-state index contributed by atoms with van der Waals surface area (Å²) in [6.45, 7) is 2.03. The monoisotopic (exact) mass is 409 g/mol. The molecular formula is C18H24BrN3O3. The maximum Gasteiger partial charge on any atom is 0.241 e. The van der Waals surface area contributed by atoms with Gasteiger partial charge in [0.1, 0.15) is 6.04 Å². The number of nitrogens with one attached hydrogen (secondary N) is 2. The first-order valence-corrected chi connectivity index (χ1v) is 9.82. The van der Waals surface area contributed by atoms with E-state index in [0.29, 0.717) is 13.2 Å². The van der Waals surface area contributed by atoms with Crippen LogP contribution in [0.15, 0.2) is 28.7 Å². The van der Waals surface area contributed by atoms with Gasteiger partial charge in [0, 0.05) is 17.1 Å². The predicted octanol–water partition coefficient (Wildman–Crippen LogP) is 2.11. The van der Waals surface area contributed by atoms with Gasteiger partial charge in [-0.3, -0.25) is 4.79 Å². The van der Waals surface area contributed by atoms with Crippen LogP contribution in [-0.4, -0.2) is 48.9 Å². The molecule has 0 bridgehead atoms. The Bertz CT molecular complexity index is 606. The molecule has 3 aliphatic rings. The van der Waals surface area contributed by atoms with Gasteiger partial charge in [-0.1, -0.05) is 28.1 Å². The number of benzene rings is 1. The molecule has 3 saturated heterocycles. The Kier molecular flexibility index (Phi) is 5.38. The first kappa shape index (κ1) is 17.4. The van der Waals surface area contributed by atoms with Crippen molar-refractivity contribution >= 4 is 21.8 Å². The average molecular weight is 410 g/mol. The van der Waals surface area contributed by atoms with E-state index in [0.717, 1.165) is 36.7 Å². The SMILES string of the molecule is O=C(C1CC(c2ccc(Br)cc2)NN1)N1CCCCC1C1OCCO1. The molecule has 0 saturated carbocycles. The van der Waals surface area contributed by atoms with Crippen LogP contribution < -0.4 is 10.9 Å². The van der Waals surface area contributed by atoms with Gasteiger partial charge in [0.15, 0.2) is 6.29 Å². The third kappa shape index (κ3) is 3.75. The van der Waals surface area contributed by atoms with Crippen LogP contribution in [0.5, 0.6) is 0 Å². The topological polar surface area (TPSA) is 62.8 Å². The minimum Gasteiger partial charge on any atom is -0.348 e. The minimum absolute atomic E-state index is 0.0391. The van der Waals surface area contributed by atoms with Gasteiger partial charge < -0.3 is 14.4 Å². The van der Waals surface area contributed by atoms with Crippen LogP contribution in [0, 0.1) is 0 Å². The number of carbonyl (C=O) groups excluding carboxylic acids is 1. The summed E-state index contributed by atoms with van der Waals surface area (Å²) in [7, 11) is 0. The van der Waals surface area contributed by atoms with Crippen LogP contribution in [0.3, 0.4) is 0 Å². The van der Waals surface area contributed by atoms with Crippen LogP contribution in [-0.2, 0) is 14.3 Å². The molecule has 1 amide bonds. The van der Waals surface area contributed by atoms with Crippen molar-refractivity contribution in [1.29, 1.82) is 0 Å². The molecule has 6 nitrogen and oxygen atoms in total. The van der Waals surface area contributed by atoms with E-state index in [4.69, 9.17) is 9.47 Å². The number of hydrazine groups is 1. The molecule has 2 N–H and O–H groups in total. The second-order valence-electron chi connectivity index (χ2n) is 6.89. The summed E-state index contributed by atoms with van der Waals surface area (Å²) >= 11 is 3.46. The molecule has 3 atom stereocenters. The van der Waals surface area contributed by atoms with E-state index in [1.54, 1.807) is 0 Å². The molecule has 25 heavy (non-hydrogen) atoms. The molecule has 136 valence electrons. The number of likely N-dealkylation sites (tertiary alicyclic amines) is 1. The number of nitrogens with zero attached hydrogens (tertiary/aromatic N) is 1. The van der Waals surface area contributed by atoms with E-state index in [1.807, 2.05) is 17.0 Å². The molecule has 0 aliphatic carbocycles. The van der Waals surface area contributed by atoms with Crippen molar-refractivity contribution in [2.24, 2.45) is 0 Å². The van der Waals surface area contributed by atoms with Crippen molar-refractivity contribution < 1.29 is 14.3 Å². The molecule has 0 spiro atoms. The van der Waals surface area contributed by atoms with Crippen LogP contribution in [0.4, 0.5) is 0 Å². The molecule has 3 fully saturated rings. The molecule has 0 radical (unpaired) electrons. The first-order chi connectivity index (χ1) is 12.2. The van der Waals surface area contributed by atoms with E-state index in [2.05, 4.69) is 38.9 Å². The highest BCUT2D eigenvalue weighted by atomic mass is 79.9. The van der Waals surface area contributed by atoms with E-state index in [-0.39, 0.29) is 30.3 Å². The smallest absolute Gasteiger partial charge is 0.241 e. The molecule has 0 aromatic heterocycles. The van der Waals surface area contributed by atoms with Gasteiger partial charge in [-0.15, -0.1) is 0 Å². The summed E-state index contributed by atoms with van der Waals surface area (Å²) in [6.07, 6.45) is 3.60. The van der Waals surface area contributed by atoms with Crippen molar-refractivity contribution in [2.45, 2.75) is 50.1 Å². The quantitative estimate of drug-likeness (QED) is 0.800. The highest BCUT2D eigenvalue weighted by Gasteiger charge is 2.40. The minimum atomic E-state index is -0.263. The van der Waals surface area contributed by atoms with Crippen LogP contribution in [0.25, 0.3) is 0 Å². The third-order valence-electron chi connectivity index (χ3n) is 5.27. The normalized spacial score (nSPS) is 30.8. The van der Waals surface area contributed by atoms with Gasteiger partial charge in [-0.2, -0.15) is 0 Å². The Morgan fingerprint density at radius 3 is 2.64 bits per heavy atom. The second kappa shape index (κ2) is 7.72. The number of carbonyl (C=O) groups is 1. The lowest BCUT2D eigenvalue weighted by Gasteiger charge is -2.39. The van der Waals surface area contributed by atoms with Crippen molar-refractivity contribution in [3.63, 3.8) is 0 Å². The zero-order valence-corrected chi connectivity index (χ0v) is 15.7. The maximum absolute atomic E-state index is 13.1. The highest BCUT2D eigenvalue weighted by molar-refractivity contribution is 9.10. The molecule has 3 aliphatic heterocycles. The van der Waals surface area contributed by atoms with Gasteiger partial charge in [-0.25, -0.2) is 10.9 Å². The lowest BCUT2D eigenvalue weighted by atomic mass is 9.98. The number of piperidine rings is 1. The molecule has 3 unspecified atom stereocenters. The van der Waals surface area contributed by atoms with Crippen LogP contribution >= 0.6 is 15.9 Å². The van der Waals surface area contributed by atoms with E-state index in [1.165, 1.54) is 5.56 Å². The fraction of sp³-hybridized carbons (Fsp3) is 0.611. The summed E-state index contributed by atoms with van der Waals surface area (Å²) in [5.74, 6) is 0.149. The van der Waals surface area contributed by atoms with Crippen molar-refractivity contribution in [3.8, 4) is 0 Å². The van der Waals surface area contributed by atoms with Crippen LogP contribution in [0.1, 0.15) is 37.3 Å². The fourth-order valence-electron chi connectivity index (χ4n) is 3.94. The van der Waals surface area contributed by atoms with Crippen molar-refractivity contribution in [3.05, 3.63) is 34.3 Å². The fourth-order valence-corrected chi connectivity index (χ4v) is 4.21. The molecular weight excluding hydrogens is 386 g/mol. The standard InChI is InChI=1S/C18H24BrN3O3/c19-13-6-4-12(5-7-13)14-11-15(21-20-14)17(23)22-8-2-1-3-16(22)18-24-9-10-25-18/h4-7,14-16,18,20-21H,1-3,8-11H2. The van der Waals surface area contributed by atoms with E-state index in [9.17, 15) is 4.79 Å². The van der Waals surface area contributed by atoms with Gasteiger partial charge in [0.25, 0.3) is 0 Å². The van der Waals surface area contributed by atoms with Gasteiger partial charge in [0.2, 0.25) is 5.91 Å². The molecule has 1 aromatic rings. The Hall–Kier alpha value is -0.990. The molecule has 1 aromatic carbocycles. The molecule has 7 heteroatoms. The number of hydrogen-bond acceptors (Lipinski definition) is 5. The lowest BCUT2D eigenvalue weighted by Crippen LogP contribution is -2.55. The maximum atomic E-state index is 13.1. The van der Waals surface area contributed by atoms with Crippen molar-refractivity contribution in [2.75, 3.05) is 19.8 Å². The average Bonchev–Trinajstić information content (AvgIpc) is 3.34. The lowest BCUT2D eigenvalue weighted by molar-refractivity contribution is -0.152. The summed E-state index contributed by atoms with van der Waals surface area (Å²) in [5.41, 5.74) is 7.65. The number of ether oxygens (including phenoxy) is 2. The summed E-state index contributed by atoms with van der Waals surface area (Å²) < 4.78 is 12.4. The Labute approximate surface area is 156 Å². The van der Waals surface area contributed by atoms with E-state index < -0.39 is 0 Å². The van der Waals surface area contributed by atoms with Gasteiger partial charge in [-0.05, 0) is 43.4 Å². The van der Waals surface area contributed by atoms with E-state index >= 15 is 0 Å². The predicted molar refractivity (Wildman–Crippen MR) is 96.6 cm³/mol. The number of rotatable bonds is 3. The molecule has 3 heterocycles. The number of amides is 1. The Balaban J connectivity index is 1.42. The zero-order chi connectivity index (χ0) is 17.2. The summed E-state index contributed by atoms with van der Waals surface area (Å²) in [5, 5.41) is 0. The molecule has 4 rings (SSSR count).